The van der Waals surface area contributed by atoms with Gasteiger partial charge in [0.1, 0.15) is 0 Å². The Morgan fingerprint density at radius 3 is 1.85 bits per heavy atom. The Balaban J connectivity index is 0.000000428. The summed E-state index contributed by atoms with van der Waals surface area (Å²) in [5.74, 6) is -0.661. The van der Waals surface area contributed by atoms with Crippen molar-refractivity contribution in [2.75, 3.05) is 0 Å². The SMILES string of the molecule is C1=CC=CNC=C1.CCCCCCCCCCC(=O)O. The largest absolute Gasteiger partial charge is 0.481 e. The van der Waals surface area contributed by atoms with Gasteiger partial charge in [-0.1, -0.05) is 64.0 Å². The van der Waals surface area contributed by atoms with Crippen LogP contribution in [0, 0.1) is 0 Å². The van der Waals surface area contributed by atoms with Crippen LogP contribution in [0.15, 0.2) is 36.7 Å². The van der Waals surface area contributed by atoms with E-state index < -0.39 is 5.97 Å². The lowest BCUT2D eigenvalue weighted by Crippen LogP contribution is -1.93. The molecule has 3 heteroatoms. The quantitative estimate of drug-likeness (QED) is 0.597. The first-order valence-corrected chi connectivity index (χ1v) is 7.73. The summed E-state index contributed by atoms with van der Waals surface area (Å²) in [7, 11) is 0. The van der Waals surface area contributed by atoms with Gasteiger partial charge in [-0.2, -0.15) is 0 Å². The number of unbranched alkanes of at least 4 members (excludes halogenated alkanes) is 7. The second kappa shape index (κ2) is 15.5. The minimum atomic E-state index is -0.661. The molecule has 3 nitrogen and oxygen atoms in total. The summed E-state index contributed by atoms with van der Waals surface area (Å²) in [6.45, 7) is 2.22. The Bertz CT molecular complexity index is 292. The van der Waals surface area contributed by atoms with Crippen molar-refractivity contribution in [2.45, 2.75) is 64.7 Å². The second-order valence-electron chi connectivity index (χ2n) is 4.89. The number of hydrogen-bond donors (Lipinski definition) is 2. The Morgan fingerprint density at radius 2 is 1.35 bits per heavy atom. The molecule has 0 bridgehead atoms. The van der Waals surface area contributed by atoms with E-state index >= 15 is 0 Å². The van der Waals surface area contributed by atoms with Gasteiger partial charge in [0, 0.05) is 18.8 Å². The van der Waals surface area contributed by atoms with Crippen molar-refractivity contribution in [3.63, 3.8) is 0 Å². The lowest BCUT2D eigenvalue weighted by molar-refractivity contribution is -0.137. The maximum absolute atomic E-state index is 10.2. The fourth-order valence-corrected chi connectivity index (χ4v) is 1.82. The van der Waals surface area contributed by atoms with Gasteiger partial charge in [0.15, 0.2) is 0 Å². The van der Waals surface area contributed by atoms with E-state index in [1.165, 1.54) is 38.5 Å². The van der Waals surface area contributed by atoms with Crippen molar-refractivity contribution < 1.29 is 9.90 Å². The number of hydrogen-bond acceptors (Lipinski definition) is 2. The van der Waals surface area contributed by atoms with Crippen molar-refractivity contribution in [3.8, 4) is 0 Å². The molecule has 0 amide bonds. The van der Waals surface area contributed by atoms with E-state index in [4.69, 9.17) is 5.11 Å². The van der Waals surface area contributed by atoms with Crippen molar-refractivity contribution in [1.82, 2.24) is 5.32 Å². The Hall–Kier alpha value is -1.51. The smallest absolute Gasteiger partial charge is 0.303 e. The maximum Gasteiger partial charge on any atom is 0.303 e. The summed E-state index contributed by atoms with van der Waals surface area (Å²) in [5, 5.41) is 11.3. The van der Waals surface area contributed by atoms with Crippen LogP contribution in [-0.4, -0.2) is 11.1 Å². The van der Waals surface area contributed by atoms with Crippen LogP contribution in [0.4, 0.5) is 0 Å². The summed E-state index contributed by atoms with van der Waals surface area (Å²) in [6.07, 6.45) is 21.6. The minimum Gasteiger partial charge on any atom is -0.481 e. The lowest BCUT2D eigenvalue weighted by Gasteiger charge is -1.99. The van der Waals surface area contributed by atoms with Crippen LogP contribution in [0.1, 0.15) is 64.7 Å². The molecule has 0 aromatic carbocycles. The van der Waals surface area contributed by atoms with Crippen LogP contribution in [0.3, 0.4) is 0 Å². The van der Waals surface area contributed by atoms with Gasteiger partial charge in [-0.05, 0) is 18.6 Å². The van der Waals surface area contributed by atoms with Gasteiger partial charge in [0.2, 0.25) is 0 Å². The van der Waals surface area contributed by atoms with Gasteiger partial charge >= 0.3 is 5.97 Å². The Labute approximate surface area is 123 Å². The molecule has 0 radical (unpaired) electrons. The molecule has 1 rings (SSSR count). The van der Waals surface area contributed by atoms with E-state index in [9.17, 15) is 4.79 Å². The van der Waals surface area contributed by atoms with Crippen LogP contribution in [0.25, 0.3) is 0 Å². The molecule has 1 aliphatic rings. The number of carboxylic acid groups (broad SMARTS) is 1. The number of allylic oxidation sites excluding steroid dienone is 4. The van der Waals surface area contributed by atoms with E-state index in [1.807, 2.05) is 36.7 Å². The fourth-order valence-electron chi connectivity index (χ4n) is 1.82. The van der Waals surface area contributed by atoms with Crippen molar-refractivity contribution >= 4 is 5.97 Å². The molecule has 114 valence electrons. The first kappa shape index (κ1) is 18.5. The lowest BCUT2D eigenvalue weighted by atomic mass is 10.1. The Kier molecular flexibility index (Phi) is 14.4. The van der Waals surface area contributed by atoms with E-state index in [0.717, 1.165) is 12.8 Å². The molecule has 0 aliphatic carbocycles. The molecule has 0 saturated heterocycles. The predicted molar refractivity (Wildman–Crippen MR) is 85.4 cm³/mol. The number of carbonyl (C=O) groups is 1. The highest BCUT2D eigenvalue weighted by atomic mass is 16.4. The molecule has 2 N–H and O–H groups in total. The van der Waals surface area contributed by atoms with E-state index in [2.05, 4.69) is 12.2 Å². The van der Waals surface area contributed by atoms with Gasteiger partial charge in [-0.25, -0.2) is 0 Å². The standard InChI is InChI=1S/C11H22O2.C6H7N/c1-2-3-4-5-6-7-8-9-10-11(12)13;1-2-4-6-7-5-3-1/h2-10H2,1H3,(H,12,13);1-7H. The average molecular weight is 279 g/mol. The zero-order valence-electron chi connectivity index (χ0n) is 12.7. The predicted octanol–water partition coefficient (Wildman–Crippen LogP) is 4.78. The topological polar surface area (TPSA) is 49.3 Å². The summed E-state index contributed by atoms with van der Waals surface area (Å²) < 4.78 is 0. The number of rotatable bonds is 9. The van der Waals surface area contributed by atoms with Gasteiger partial charge in [-0.15, -0.1) is 0 Å². The number of aliphatic carboxylic acids is 1. The Morgan fingerprint density at radius 1 is 0.850 bits per heavy atom. The van der Waals surface area contributed by atoms with Gasteiger partial charge in [-0.3, -0.25) is 4.79 Å². The molecular weight excluding hydrogens is 250 g/mol. The van der Waals surface area contributed by atoms with Crippen molar-refractivity contribution in [3.05, 3.63) is 36.7 Å². The molecular formula is C17H29NO2. The number of carboxylic acids is 1. The van der Waals surface area contributed by atoms with Crippen LogP contribution < -0.4 is 5.32 Å². The van der Waals surface area contributed by atoms with Crippen molar-refractivity contribution in [2.24, 2.45) is 0 Å². The zero-order valence-corrected chi connectivity index (χ0v) is 12.7. The van der Waals surface area contributed by atoms with Gasteiger partial charge in [0.25, 0.3) is 0 Å². The molecule has 0 aromatic rings. The molecule has 1 heterocycles. The normalized spacial score (nSPS) is 12.2. The molecule has 0 saturated carbocycles. The molecule has 0 aromatic heterocycles. The molecule has 1 aliphatic heterocycles. The molecule has 0 unspecified atom stereocenters. The highest BCUT2D eigenvalue weighted by Gasteiger charge is 1.95. The first-order valence-electron chi connectivity index (χ1n) is 7.73. The monoisotopic (exact) mass is 279 g/mol. The fraction of sp³-hybridized carbons (Fsp3) is 0.588. The maximum atomic E-state index is 10.2. The summed E-state index contributed by atoms with van der Waals surface area (Å²) >= 11 is 0. The van der Waals surface area contributed by atoms with Crippen LogP contribution >= 0.6 is 0 Å². The molecule has 20 heavy (non-hydrogen) atoms. The third-order valence-electron chi connectivity index (χ3n) is 2.96. The molecule has 0 atom stereocenters. The second-order valence-corrected chi connectivity index (χ2v) is 4.89. The van der Waals surface area contributed by atoms with Gasteiger partial charge < -0.3 is 10.4 Å². The number of nitrogens with one attached hydrogen (secondary N) is 1. The average Bonchev–Trinajstić information content (AvgIpc) is 2.74. The molecule has 0 fully saturated rings. The van der Waals surface area contributed by atoms with Gasteiger partial charge in [0.05, 0.1) is 0 Å². The third kappa shape index (κ3) is 16.5. The van der Waals surface area contributed by atoms with Crippen LogP contribution in [-0.2, 0) is 4.79 Å². The first-order chi connectivity index (χ1) is 9.77. The van der Waals surface area contributed by atoms with E-state index in [0.29, 0.717) is 6.42 Å². The molecule has 0 spiro atoms. The third-order valence-corrected chi connectivity index (χ3v) is 2.96. The summed E-state index contributed by atoms with van der Waals surface area (Å²) in [5.41, 5.74) is 0. The van der Waals surface area contributed by atoms with E-state index in [1.54, 1.807) is 0 Å². The zero-order chi connectivity index (χ0) is 14.9. The highest BCUT2D eigenvalue weighted by molar-refractivity contribution is 5.66. The summed E-state index contributed by atoms with van der Waals surface area (Å²) in [6, 6.07) is 0. The summed E-state index contributed by atoms with van der Waals surface area (Å²) in [4.78, 5) is 10.2. The highest BCUT2D eigenvalue weighted by Crippen LogP contribution is 2.09. The van der Waals surface area contributed by atoms with Crippen LogP contribution in [0.5, 0.6) is 0 Å². The van der Waals surface area contributed by atoms with E-state index in [-0.39, 0.29) is 0 Å². The van der Waals surface area contributed by atoms with Crippen molar-refractivity contribution in [1.29, 1.82) is 0 Å². The minimum absolute atomic E-state index is 0.342. The van der Waals surface area contributed by atoms with Crippen LogP contribution in [0.2, 0.25) is 0 Å².